The number of benzene rings is 1. The van der Waals surface area contributed by atoms with Gasteiger partial charge in [-0.15, -0.1) is 5.10 Å². The van der Waals surface area contributed by atoms with Crippen LogP contribution in [0.2, 0.25) is 5.02 Å². The zero-order valence-corrected chi connectivity index (χ0v) is 18.7. The molecule has 3 heterocycles. The van der Waals surface area contributed by atoms with Crippen LogP contribution in [-0.4, -0.2) is 43.7 Å². The highest BCUT2D eigenvalue weighted by atomic mass is 35.5. The molecule has 10 heteroatoms. The number of aliphatic hydroxyl groups excluding tert-OH is 1. The Balaban J connectivity index is 1.50. The molecule has 0 bridgehead atoms. The number of nitrogens with two attached hydrogens (primary N) is 1. The summed E-state index contributed by atoms with van der Waals surface area (Å²) in [6.07, 6.45) is 3.00. The highest BCUT2D eigenvalue weighted by Crippen LogP contribution is 2.26. The fourth-order valence-electron chi connectivity index (χ4n) is 3.37. The van der Waals surface area contributed by atoms with Gasteiger partial charge < -0.3 is 20.9 Å². The number of carbonyl (C=O) groups excluding carboxylic acids is 1. The number of fused-ring (bicyclic) bond motifs is 1. The molecular weight excluding hydrogens is 444 g/mol. The number of nitrogens with zero attached hydrogens (tertiary/aromatic N) is 4. The predicted molar refractivity (Wildman–Crippen MR) is 125 cm³/mol. The van der Waals surface area contributed by atoms with Crippen molar-refractivity contribution in [3.05, 3.63) is 71.0 Å². The average molecular weight is 467 g/mol. The molecule has 1 aromatic carbocycles. The van der Waals surface area contributed by atoms with Crippen LogP contribution in [0.5, 0.6) is 5.88 Å². The van der Waals surface area contributed by atoms with Crippen LogP contribution in [0.1, 0.15) is 35.4 Å². The molecule has 0 unspecified atom stereocenters. The number of anilines is 1. The molecule has 0 saturated heterocycles. The number of amides is 1. The lowest BCUT2D eigenvalue weighted by Crippen LogP contribution is -2.26. The summed E-state index contributed by atoms with van der Waals surface area (Å²) in [6, 6.07) is 12.3. The molecular formula is C23H23ClN6O3. The van der Waals surface area contributed by atoms with E-state index in [0.29, 0.717) is 34.8 Å². The summed E-state index contributed by atoms with van der Waals surface area (Å²) in [4.78, 5) is 21.4. The Hall–Kier alpha value is -3.69. The first kappa shape index (κ1) is 22.5. The first-order valence-electron chi connectivity index (χ1n) is 10.4. The van der Waals surface area contributed by atoms with Crippen LogP contribution in [0.3, 0.4) is 0 Å². The van der Waals surface area contributed by atoms with Crippen molar-refractivity contribution in [2.24, 2.45) is 0 Å². The van der Waals surface area contributed by atoms with Gasteiger partial charge in [0.25, 0.3) is 5.91 Å². The minimum absolute atomic E-state index is 0.179. The van der Waals surface area contributed by atoms with Crippen LogP contribution < -0.4 is 15.8 Å². The first-order chi connectivity index (χ1) is 15.9. The molecule has 0 fully saturated rings. The van der Waals surface area contributed by atoms with Gasteiger partial charge in [-0.1, -0.05) is 23.7 Å². The second-order valence-corrected chi connectivity index (χ2v) is 7.75. The van der Waals surface area contributed by atoms with Crippen LogP contribution in [0, 0.1) is 0 Å². The summed E-state index contributed by atoms with van der Waals surface area (Å²) in [5.74, 6) is 0.0755. The first-order valence-corrected chi connectivity index (χ1v) is 10.8. The number of halogens is 1. The summed E-state index contributed by atoms with van der Waals surface area (Å²) in [6.45, 7) is 2.46. The number of carbonyl (C=O) groups is 1. The van der Waals surface area contributed by atoms with E-state index in [-0.39, 0.29) is 24.3 Å². The van der Waals surface area contributed by atoms with E-state index >= 15 is 0 Å². The number of pyridine rings is 2. The Morgan fingerprint density at radius 2 is 2.03 bits per heavy atom. The molecule has 0 aliphatic rings. The van der Waals surface area contributed by atoms with Gasteiger partial charge in [0.1, 0.15) is 5.56 Å². The van der Waals surface area contributed by atoms with Crippen molar-refractivity contribution in [3.63, 3.8) is 0 Å². The van der Waals surface area contributed by atoms with Crippen LogP contribution >= 0.6 is 11.6 Å². The van der Waals surface area contributed by atoms with Gasteiger partial charge in [0.2, 0.25) is 11.8 Å². The molecule has 0 saturated carbocycles. The molecule has 170 valence electrons. The van der Waals surface area contributed by atoms with E-state index in [0.717, 1.165) is 11.1 Å². The summed E-state index contributed by atoms with van der Waals surface area (Å²) >= 11 is 5.89. The van der Waals surface area contributed by atoms with Crippen LogP contribution in [0.4, 0.5) is 5.95 Å². The maximum Gasteiger partial charge on any atom is 0.256 e. The quantitative estimate of drug-likeness (QED) is 0.363. The van der Waals surface area contributed by atoms with Crippen LogP contribution in [0.15, 0.2) is 54.9 Å². The van der Waals surface area contributed by atoms with Gasteiger partial charge in [0, 0.05) is 29.5 Å². The Morgan fingerprint density at radius 3 is 2.79 bits per heavy atom. The van der Waals surface area contributed by atoms with Gasteiger partial charge in [0.05, 0.1) is 12.7 Å². The number of aromatic nitrogens is 4. The van der Waals surface area contributed by atoms with E-state index < -0.39 is 6.10 Å². The number of hydrogen-bond acceptors (Lipinski definition) is 7. The maximum absolute atomic E-state index is 12.9. The molecule has 0 aliphatic carbocycles. The molecule has 1 atom stereocenters. The third-order valence-corrected chi connectivity index (χ3v) is 5.27. The maximum atomic E-state index is 12.9. The lowest BCUT2D eigenvalue weighted by molar-refractivity contribution is 0.0938. The van der Waals surface area contributed by atoms with Gasteiger partial charge in [-0.2, -0.15) is 4.98 Å². The monoisotopic (exact) mass is 466 g/mol. The Kier molecular flexibility index (Phi) is 6.71. The Morgan fingerprint density at radius 1 is 1.24 bits per heavy atom. The van der Waals surface area contributed by atoms with E-state index in [9.17, 15) is 9.90 Å². The number of rotatable bonds is 8. The number of nitrogens with one attached hydrogen (secondary N) is 1. The molecule has 0 aliphatic heterocycles. The average Bonchev–Trinajstić information content (AvgIpc) is 3.19. The second kappa shape index (κ2) is 9.85. The third-order valence-electron chi connectivity index (χ3n) is 5.02. The summed E-state index contributed by atoms with van der Waals surface area (Å²) in [7, 11) is 0. The van der Waals surface area contributed by atoms with Crippen molar-refractivity contribution in [1.29, 1.82) is 0 Å². The lowest BCUT2D eigenvalue weighted by atomic mass is 10.1. The Bertz CT molecular complexity index is 1280. The van der Waals surface area contributed by atoms with Crippen LogP contribution in [0.25, 0.3) is 16.8 Å². The zero-order chi connectivity index (χ0) is 23.4. The minimum atomic E-state index is -0.722. The molecule has 9 nitrogen and oxygen atoms in total. The Labute approximate surface area is 195 Å². The minimum Gasteiger partial charge on any atom is -0.477 e. The lowest BCUT2D eigenvalue weighted by Gasteiger charge is -2.14. The van der Waals surface area contributed by atoms with E-state index in [1.807, 2.05) is 19.1 Å². The highest BCUT2D eigenvalue weighted by Gasteiger charge is 2.17. The standard InChI is InChI=1S/C23H23ClN6O3/c1-2-33-22-18(21(32)26-9-7-19(31)14-3-5-17(24)6-4-14)11-16(13-27-22)15-8-10-30-20(12-15)28-23(25)29-30/h3-6,8,10-13,19,31H,2,7,9H2,1H3,(H2,25,29)(H,26,32)/t19-/m0/s1. The summed E-state index contributed by atoms with van der Waals surface area (Å²) < 4.78 is 7.12. The number of nitrogen functional groups attached to an aromatic ring is 1. The van der Waals surface area contributed by atoms with Crippen molar-refractivity contribution in [1.82, 2.24) is 24.9 Å². The van der Waals surface area contributed by atoms with Crippen molar-refractivity contribution in [3.8, 4) is 17.0 Å². The molecule has 0 spiro atoms. The number of ether oxygens (including phenoxy) is 1. The van der Waals surface area contributed by atoms with Crippen molar-refractivity contribution < 1.29 is 14.6 Å². The van der Waals surface area contributed by atoms with E-state index in [2.05, 4.69) is 20.4 Å². The predicted octanol–water partition coefficient (Wildman–Crippen LogP) is 3.28. The topological polar surface area (TPSA) is 128 Å². The van der Waals surface area contributed by atoms with Crippen molar-refractivity contribution >= 4 is 29.1 Å². The molecule has 1 amide bonds. The summed E-state index contributed by atoms with van der Waals surface area (Å²) in [5, 5.41) is 17.9. The van der Waals surface area contributed by atoms with Gasteiger partial charge in [-0.05, 0) is 54.8 Å². The summed E-state index contributed by atoms with van der Waals surface area (Å²) in [5.41, 5.74) is 8.80. The second-order valence-electron chi connectivity index (χ2n) is 7.31. The van der Waals surface area contributed by atoms with E-state index in [1.165, 1.54) is 0 Å². The molecule has 0 radical (unpaired) electrons. The third kappa shape index (κ3) is 5.21. The highest BCUT2D eigenvalue weighted by molar-refractivity contribution is 6.30. The van der Waals surface area contributed by atoms with Gasteiger partial charge in [-0.25, -0.2) is 9.50 Å². The van der Waals surface area contributed by atoms with Gasteiger partial charge in [0.15, 0.2) is 5.65 Å². The fraction of sp³-hybridized carbons (Fsp3) is 0.217. The van der Waals surface area contributed by atoms with Crippen molar-refractivity contribution in [2.45, 2.75) is 19.4 Å². The van der Waals surface area contributed by atoms with Crippen molar-refractivity contribution in [2.75, 3.05) is 18.9 Å². The number of hydrogen-bond donors (Lipinski definition) is 3. The van der Waals surface area contributed by atoms with E-state index in [1.54, 1.807) is 47.2 Å². The molecule has 4 N–H and O–H groups in total. The van der Waals surface area contributed by atoms with E-state index in [4.69, 9.17) is 22.1 Å². The fourth-order valence-corrected chi connectivity index (χ4v) is 3.50. The normalized spacial score (nSPS) is 12.0. The zero-order valence-electron chi connectivity index (χ0n) is 17.9. The van der Waals surface area contributed by atoms with Crippen LogP contribution in [-0.2, 0) is 0 Å². The number of aliphatic hydroxyl groups is 1. The molecule has 4 rings (SSSR count). The largest absolute Gasteiger partial charge is 0.477 e. The SMILES string of the molecule is CCOc1ncc(-c2ccn3nc(N)nc3c2)cc1C(=O)NCC[C@H](O)c1ccc(Cl)cc1. The molecule has 4 aromatic rings. The smallest absolute Gasteiger partial charge is 0.256 e. The molecule has 3 aromatic heterocycles. The van der Waals surface area contributed by atoms with Gasteiger partial charge in [-0.3, -0.25) is 4.79 Å². The van der Waals surface area contributed by atoms with Gasteiger partial charge >= 0.3 is 0 Å². The molecule has 33 heavy (non-hydrogen) atoms.